The Hall–Kier alpha value is -2.11. The lowest BCUT2D eigenvalue weighted by atomic mass is 9.96. The van der Waals surface area contributed by atoms with Crippen molar-refractivity contribution in [2.24, 2.45) is 5.92 Å². The molecule has 94 valence electrons. The second-order valence-electron chi connectivity index (χ2n) is 4.04. The number of likely N-dealkylation sites (tertiary alicyclic amines) is 1. The fraction of sp³-hybridized carbons (Fsp3) is 0.250. The van der Waals surface area contributed by atoms with Gasteiger partial charge in [0.15, 0.2) is 5.78 Å². The molecule has 0 spiro atoms. The van der Waals surface area contributed by atoms with Crippen molar-refractivity contribution < 1.29 is 23.2 Å². The number of Topliss-reactive ketones (excluding diaryl/α,β-unsaturated/α-hetero) is 1. The molecule has 0 bridgehead atoms. The number of carbonyl (C=O) groups excluding carboxylic acids is 3. The summed E-state index contributed by atoms with van der Waals surface area (Å²) >= 11 is 0. The molecular weight excluding hydrogens is 244 g/mol. The summed E-state index contributed by atoms with van der Waals surface area (Å²) in [6.07, 6.45) is -0.273. The van der Waals surface area contributed by atoms with Gasteiger partial charge in [-0.15, -0.1) is 0 Å². The van der Waals surface area contributed by atoms with Gasteiger partial charge in [0.05, 0.1) is 5.56 Å². The number of ketones is 1. The molecule has 0 radical (unpaired) electrons. The zero-order chi connectivity index (χ0) is 13.4. The maximum absolute atomic E-state index is 13.4. The van der Waals surface area contributed by atoms with E-state index in [0.717, 1.165) is 17.0 Å². The van der Waals surface area contributed by atoms with Gasteiger partial charge in [0.25, 0.3) is 0 Å². The van der Waals surface area contributed by atoms with Crippen LogP contribution in [0.25, 0.3) is 0 Å². The lowest BCUT2D eigenvalue weighted by Crippen LogP contribution is -2.29. The Bertz CT molecular complexity index is 556. The number of amides is 2. The van der Waals surface area contributed by atoms with Gasteiger partial charge in [-0.1, -0.05) is 0 Å². The van der Waals surface area contributed by atoms with E-state index >= 15 is 0 Å². The molecule has 1 fully saturated rings. The van der Waals surface area contributed by atoms with E-state index in [4.69, 9.17) is 0 Å². The monoisotopic (exact) mass is 253 g/mol. The molecule has 6 heteroatoms. The smallest absolute Gasteiger partial charge is 0.240 e. The van der Waals surface area contributed by atoms with Crippen molar-refractivity contribution in [3.8, 4) is 0 Å². The van der Waals surface area contributed by atoms with Gasteiger partial charge in [0.2, 0.25) is 11.8 Å². The fourth-order valence-corrected chi connectivity index (χ4v) is 1.84. The molecule has 18 heavy (non-hydrogen) atoms. The summed E-state index contributed by atoms with van der Waals surface area (Å²) in [5.41, 5.74) is -0.377. The predicted molar refractivity (Wildman–Crippen MR) is 56.6 cm³/mol. The van der Waals surface area contributed by atoms with Crippen LogP contribution < -0.4 is 0 Å². The molecule has 1 aromatic carbocycles. The van der Waals surface area contributed by atoms with Gasteiger partial charge in [-0.05, 0) is 12.1 Å². The highest BCUT2D eigenvalue weighted by atomic mass is 19.1. The molecule has 4 nitrogen and oxygen atoms in total. The topological polar surface area (TPSA) is 54.5 Å². The van der Waals surface area contributed by atoms with Crippen LogP contribution >= 0.6 is 0 Å². The molecule has 0 aliphatic carbocycles. The predicted octanol–water partition coefficient (Wildman–Crippen LogP) is 1.15. The van der Waals surface area contributed by atoms with E-state index in [1.54, 1.807) is 0 Å². The highest BCUT2D eigenvalue weighted by Crippen LogP contribution is 2.23. The van der Waals surface area contributed by atoms with Crippen LogP contribution in [0.3, 0.4) is 0 Å². The van der Waals surface area contributed by atoms with Crippen molar-refractivity contribution in [3.05, 3.63) is 35.4 Å². The Kier molecular flexibility index (Phi) is 2.94. The summed E-state index contributed by atoms with van der Waals surface area (Å²) in [4.78, 5) is 35.6. The Balaban J connectivity index is 2.33. The number of imide groups is 1. The summed E-state index contributed by atoms with van der Waals surface area (Å²) in [5, 5.41) is 0. The fourth-order valence-electron chi connectivity index (χ4n) is 1.84. The molecule has 1 saturated heterocycles. The number of hydrogen-bond donors (Lipinski definition) is 0. The number of carbonyl (C=O) groups is 3. The molecule has 1 heterocycles. The average Bonchev–Trinajstić information content (AvgIpc) is 2.56. The van der Waals surface area contributed by atoms with Crippen LogP contribution in [0, 0.1) is 17.6 Å². The van der Waals surface area contributed by atoms with Gasteiger partial charge in [0, 0.05) is 19.5 Å². The molecule has 0 N–H and O–H groups in total. The molecule has 1 aliphatic rings. The summed E-state index contributed by atoms with van der Waals surface area (Å²) in [6.45, 7) is 0. The lowest BCUT2D eigenvalue weighted by Gasteiger charge is -2.08. The third kappa shape index (κ3) is 1.90. The van der Waals surface area contributed by atoms with E-state index in [-0.39, 0.29) is 12.0 Å². The molecule has 0 saturated carbocycles. The van der Waals surface area contributed by atoms with Crippen LogP contribution in [0.2, 0.25) is 0 Å². The van der Waals surface area contributed by atoms with Crippen molar-refractivity contribution in [2.75, 3.05) is 7.05 Å². The van der Waals surface area contributed by atoms with Crippen LogP contribution in [-0.4, -0.2) is 29.5 Å². The third-order valence-electron chi connectivity index (χ3n) is 2.89. The SMILES string of the molecule is CN1C(=O)CC(C(=O)c2ccc(F)cc2F)C1=O. The van der Waals surface area contributed by atoms with Crippen LogP contribution in [0.5, 0.6) is 0 Å². The van der Waals surface area contributed by atoms with Crippen molar-refractivity contribution in [1.29, 1.82) is 0 Å². The molecule has 1 aromatic rings. The number of nitrogens with zero attached hydrogens (tertiary/aromatic N) is 1. The van der Waals surface area contributed by atoms with Crippen LogP contribution in [-0.2, 0) is 9.59 Å². The number of hydrogen-bond acceptors (Lipinski definition) is 3. The van der Waals surface area contributed by atoms with Crippen LogP contribution in [0.15, 0.2) is 18.2 Å². The van der Waals surface area contributed by atoms with Gasteiger partial charge >= 0.3 is 0 Å². The molecule has 2 amide bonds. The first kappa shape index (κ1) is 12.3. The van der Waals surface area contributed by atoms with Crippen molar-refractivity contribution >= 4 is 17.6 Å². The van der Waals surface area contributed by atoms with Crippen LogP contribution in [0.1, 0.15) is 16.8 Å². The van der Waals surface area contributed by atoms with E-state index in [0.29, 0.717) is 6.07 Å². The van der Waals surface area contributed by atoms with Gasteiger partial charge in [-0.2, -0.15) is 0 Å². The van der Waals surface area contributed by atoms with E-state index in [1.807, 2.05) is 0 Å². The second-order valence-corrected chi connectivity index (χ2v) is 4.04. The minimum absolute atomic E-state index is 0.273. The highest BCUT2D eigenvalue weighted by molar-refractivity contribution is 6.18. The summed E-state index contributed by atoms with van der Waals surface area (Å²) in [6, 6.07) is 2.47. The van der Waals surface area contributed by atoms with Gasteiger partial charge < -0.3 is 0 Å². The van der Waals surface area contributed by atoms with Gasteiger partial charge in [-0.25, -0.2) is 8.78 Å². The highest BCUT2D eigenvalue weighted by Gasteiger charge is 2.41. The number of benzene rings is 1. The van der Waals surface area contributed by atoms with E-state index in [1.165, 1.54) is 7.05 Å². The normalized spacial score (nSPS) is 19.5. The van der Waals surface area contributed by atoms with Crippen molar-refractivity contribution in [1.82, 2.24) is 4.90 Å². The third-order valence-corrected chi connectivity index (χ3v) is 2.89. The first-order valence-electron chi connectivity index (χ1n) is 5.21. The lowest BCUT2D eigenvalue weighted by molar-refractivity contribution is -0.137. The largest absolute Gasteiger partial charge is 0.293 e. The molecule has 1 aliphatic heterocycles. The summed E-state index contributed by atoms with van der Waals surface area (Å²) in [5.74, 6) is -4.99. The maximum Gasteiger partial charge on any atom is 0.240 e. The van der Waals surface area contributed by atoms with E-state index in [9.17, 15) is 23.2 Å². The molecule has 1 atom stereocenters. The summed E-state index contributed by atoms with van der Waals surface area (Å²) < 4.78 is 26.1. The quantitative estimate of drug-likeness (QED) is 0.451. The Morgan fingerprint density at radius 2 is 2.00 bits per heavy atom. The molecule has 2 rings (SSSR count). The van der Waals surface area contributed by atoms with Gasteiger partial charge in [0.1, 0.15) is 17.6 Å². The molecule has 1 unspecified atom stereocenters. The minimum atomic E-state index is -1.21. The Labute approximate surface area is 101 Å². The van der Waals surface area contributed by atoms with Crippen molar-refractivity contribution in [2.45, 2.75) is 6.42 Å². The molecule has 0 aromatic heterocycles. The van der Waals surface area contributed by atoms with E-state index < -0.39 is 35.1 Å². The summed E-state index contributed by atoms with van der Waals surface area (Å²) in [7, 11) is 1.26. The zero-order valence-corrected chi connectivity index (χ0v) is 9.44. The van der Waals surface area contributed by atoms with E-state index in [2.05, 4.69) is 0 Å². The zero-order valence-electron chi connectivity index (χ0n) is 9.44. The first-order chi connectivity index (χ1) is 8.41. The second kappa shape index (κ2) is 4.29. The Morgan fingerprint density at radius 1 is 1.33 bits per heavy atom. The average molecular weight is 253 g/mol. The van der Waals surface area contributed by atoms with Crippen molar-refractivity contribution in [3.63, 3.8) is 0 Å². The number of halogens is 2. The van der Waals surface area contributed by atoms with Crippen LogP contribution in [0.4, 0.5) is 8.78 Å². The standard InChI is InChI=1S/C12H9F2NO3/c1-15-10(16)5-8(12(15)18)11(17)7-3-2-6(13)4-9(7)14/h2-4,8H,5H2,1H3. The number of rotatable bonds is 2. The van der Waals surface area contributed by atoms with Gasteiger partial charge in [-0.3, -0.25) is 19.3 Å². The maximum atomic E-state index is 13.4. The minimum Gasteiger partial charge on any atom is -0.293 e. The first-order valence-corrected chi connectivity index (χ1v) is 5.21. The Morgan fingerprint density at radius 3 is 2.50 bits per heavy atom. The molecular formula is C12H9F2NO3.